The summed E-state index contributed by atoms with van der Waals surface area (Å²) in [5, 5.41) is 2.46. The minimum Gasteiger partial charge on any atom is -0.479 e. The second kappa shape index (κ2) is 6.87. The number of ether oxygens (including phenoxy) is 1. The van der Waals surface area contributed by atoms with Gasteiger partial charge in [0.25, 0.3) is 5.88 Å². The van der Waals surface area contributed by atoms with E-state index in [0.717, 1.165) is 9.87 Å². The van der Waals surface area contributed by atoms with Crippen molar-refractivity contribution < 1.29 is 17.5 Å². The molecule has 2 aliphatic rings. The molecule has 2 fully saturated rings. The number of fused-ring (bicyclic) bond motifs is 1. The number of hydrogen-bond acceptors (Lipinski definition) is 8. The van der Waals surface area contributed by atoms with Crippen LogP contribution in [-0.4, -0.2) is 61.5 Å². The SMILES string of the molecule is COc1nc(N2CC3C(c4ccccc4)(C2)NC(N)N(C)S3(=O)=O)nc(C)c1F. The number of anilines is 1. The van der Waals surface area contributed by atoms with E-state index in [0.29, 0.717) is 0 Å². The summed E-state index contributed by atoms with van der Waals surface area (Å²) in [5.41, 5.74) is 6.08. The fourth-order valence-corrected chi connectivity index (χ4v) is 5.99. The Morgan fingerprint density at radius 2 is 2.00 bits per heavy atom. The van der Waals surface area contributed by atoms with Crippen LogP contribution in [0.1, 0.15) is 11.3 Å². The maximum atomic E-state index is 14.1. The van der Waals surface area contributed by atoms with Gasteiger partial charge in [-0.1, -0.05) is 30.3 Å². The lowest BCUT2D eigenvalue weighted by Crippen LogP contribution is -2.71. The van der Waals surface area contributed by atoms with Crippen molar-refractivity contribution in [2.75, 3.05) is 32.1 Å². The average molecular weight is 422 g/mol. The average Bonchev–Trinajstić information content (AvgIpc) is 3.11. The molecule has 1 aromatic heterocycles. The van der Waals surface area contributed by atoms with Crippen LogP contribution in [0.2, 0.25) is 0 Å². The van der Waals surface area contributed by atoms with Gasteiger partial charge in [0.05, 0.1) is 18.3 Å². The lowest BCUT2D eigenvalue weighted by atomic mass is 9.88. The van der Waals surface area contributed by atoms with Gasteiger partial charge in [-0.3, -0.25) is 5.32 Å². The molecule has 4 rings (SSSR count). The summed E-state index contributed by atoms with van der Waals surface area (Å²) >= 11 is 0. The summed E-state index contributed by atoms with van der Waals surface area (Å²) < 4.78 is 46.8. The van der Waals surface area contributed by atoms with E-state index in [4.69, 9.17) is 10.5 Å². The highest BCUT2D eigenvalue weighted by atomic mass is 32.2. The van der Waals surface area contributed by atoms with Gasteiger partial charge >= 0.3 is 0 Å². The van der Waals surface area contributed by atoms with Crippen LogP contribution >= 0.6 is 0 Å². The van der Waals surface area contributed by atoms with E-state index in [1.165, 1.54) is 21.1 Å². The first-order valence-corrected chi connectivity index (χ1v) is 10.6. The zero-order valence-corrected chi connectivity index (χ0v) is 17.1. The van der Waals surface area contributed by atoms with Crippen LogP contribution < -0.4 is 20.7 Å². The highest BCUT2D eigenvalue weighted by Crippen LogP contribution is 2.42. The van der Waals surface area contributed by atoms with Gasteiger partial charge in [0.15, 0.2) is 0 Å². The third-order valence-electron chi connectivity index (χ3n) is 5.67. The molecule has 3 heterocycles. The number of aromatic nitrogens is 2. The van der Waals surface area contributed by atoms with Crippen LogP contribution in [-0.2, 0) is 15.6 Å². The summed E-state index contributed by atoms with van der Waals surface area (Å²) in [6.45, 7) is 1.88. The van der Waals surface area contributed by atoms with Gasteiger partial charge in [-0.15, -0.1) is 0 Å². The first-order valence-electron chi connectivity index (χ1n) is 9.09. The zero-order valence-electron chi connectivity index (χ0n) is 16.3. The number of benzene rings is 1. The molecular formula is C18H23FN6O3S. The molecule has 0 saturated carbocycles. The number of nitrogens with zero attached hydrogens (tertiary/aromatic N) is 4. The smallest absolute Gasteiger partial charge is 0.255 e. The third-order valence-corrected chi connectivity index (χ3v) is 7.97. The minimum atomic E-state index is -3.73. The van der Waals surface area contributed by atoms with E-state index >= 15 is 0 Å². The quantitative estimate of drug-likeness (QED) is 0.717. The van der Waals surface area contributed by atoms with E-state index in [-0.39, 0.29) is 30.6 Å². The summed E-state index contributed by atoms with van der Waals surface area (Å²) in [7, 11) is -0.953. The fourth-order valence-electron chi connectivity index (χ4n) is 4.07. The zero-order chi connectivity index (χ0) is 21.0. The molecule has 2 saturated heterocycles. The molecule has 29 heavy (non-hydrogen) atoms. The van der Waals surface area contributed by atoms with Crippen molar-refractivity contribution in [3.63, 3.8) is 0 Å². The molecule has 9 nitrogen and oxygen atoms in total. The number of aryl methyl sites for hydroxylation is 1. The molecule has 0 spiro atoms. The molecule has 0 amide bonds. The van der Waals surface area contributed by atoms with Crippen LogP contribution in [0, 0.1) is 12.7 Å². The van der Waals surface area contributed by atoms with E-state index in [1.54, 1.807) is 4.90 Å². The van der Waals surface area contributed by atoms with Crippen molar-refractivity contribution in [3.8, 4) is 5.88 Å². The topological polar surface area (TPSA) is 114 Å². The first-order chi connectivity index (χ1) is 13.7. The lowest BCUT2D eigenvalue weighted by molar-refractivity contribution is 0.198. The Bertz CT molecular complexity index is 1040. The Labute approximate surface area is 168 Å². The highest BCUT2D eigenvalue weighted by molar-refractivity contribution is 7.89. The van der Waals surface area contributed by atoms with Crippen molar-refractivity contribution in [1.29, 1.82) is 0 Å². The molecule has 3 N–H and O–H groups in total. The monoisotopic (exact) mass is 422 g/mol. The molecule has 2 aliphatic heterocycles. The van der Waals surface area contributed by atoms with E-state index in [2.05, 4.69) is 15.3 Å². The van der Waals surface area contributed by atoms with Crippen molar-refractivity contribution in [1.82, 2.24) is 19.6 Å². The standard InChI is InChI=1S/C18H23FN6O3S/c1-11-14(19)15(28-3)22-17(21-11)25-9-13-18(10-25,12-7-5-4-6-8-12)23-16(20)24(2)29(13,26)27/h4-8,13,16,23H,9-10,20H2,1-3H3. The van der Waals surface area contributed by atoms with E-state index in [1.807, 2.05) is 30.3 Å². The molecule has 156 valence electrons. The summed E-state index contributed by atoms with van der Waals surface area (Å²) in [6, 6.07) is 9.30. The number of rotatable bonds is 3. The van der Waals surface area contributed by atoms with Gasteiger partial charge < -0.3 is 15.4 Å². The van der Waals surface area contributed by atoms with Gasteiger partial charge in [-0.05, 0) is 12.5 Å². The number of sulfonamides is 1. The first kappa shape index (κ1) is 20.0. The predicted octanol–water partition coefficient (Wildman–Crippen LogP) is 0.124. The maximum absolute atomic E-state index is 14.1. The van der Waals surface area contributed by atoms with Crippen LogP contribution in [0.15, 0.2) is 30.3 Å². The molecule has 0 aliphatic carbocycles. The van der Waals surface area contributed by atoms with Gasteiger partial charge in [0.1, 0.15) is 11.5 Å². The number of hydrogen-bond donors (Lipinski definition) is 2. The second-order valence-corrected chi connectivity index (χ2v) is 9.46. The maximum Gasteiger partial charge on any atom is 0.255 e. The van der Waals surface area contributed by atoms with E-state index in [9.17, 15) is 12.8 Å². The van der Waals surface area contributed by atoms with Crippen LogP contribution in [0.4, 0.5) is 10.3 Å². The van der Waals surface area contributed by atoms with Crippen molar-refractivity contribution in [3.05, 3.63) is 47.4 Å². The summed E-state index contributed by atoms with van der Waals surface area (Å²) in [6.07, 6.45) is -0.887. The Kier molecular flexibility index (Phi) is 4.73. The second-order valence-electron chi connectivity index (χ2n) is 7.29. The lowest BCUT2D eigenvalue weighted by Gasteiger charge is -2.46. The number of methoxy groups -OCH3 is 1. The highest BCUT2D eigenvalue weighted by Gasteiger charge is 2.60. The molecular weight excluding hydrogens is 399 g/mol. The van der Waals surface area contributed by atoms with Gasteiger partial charge in [-0.25, -0.2) is 13.4 Å². The molecule has 0 radical (unpaired) electrons. The van der Waals surface area contributed by atoms with Crippen LogP contribution in [0.3, 0.4) is 0 Å². The fraction of sp³-hybridized carbons (Fsp3) is 0.444. The molecule has 2 aromatic rings. The Morgan fingerprint density at radius 3 is 2.66 bits per heavy atom. The van der Waals surface area contributed by atoms with Crippen LogP contribution in [0.25, 0.3) is 0 Å². The molecule has 1 aromatic carbocycles. The normalized spacial score (nSPS) is 28.9. The largest absolute Gasteiger partial charge is 0.479 e. The molecule has 3 atom stereocenters. The summed E-state index contributed by atoms with van der Waals surface area (Å²) in [4.78, 5) is 10.1. The summed E-state index contributed by atoms with van der Waals surface area (Å²) in [5.74, 6) is -0.613. The van der Waals surface area contributed by atoms with Crippen molar-refractivity contribution >= 4 is 16.0 Å². The van der Waals surface area contributed by atoms with Crippen molar-refractivity contribution in [2.45, 2.75) is 24.0 Å². The van der Waals surface area contributed by atoms with Gasteiger partial charge in [-0.2, -0.15) is 13.7 Å². The van der Waals surface area contributed by atoms with Gasteiger partial charge in [0.2, 0.25) is 21.8 Å². The van der Waals surface area contributed by atoms with Gasteiger partial charge in [0, 0.05) is 20.1 Å². The van der Waals surface area contributed by atoms with E-state index < -0.39 is 32.9 Å². The minimum absolute atomic E-state index is 0.121. The predicted molar refractivity (Wildman–Crippen MR) is 105 cm³/mol. The number of nitrogens with one attached hydrogen (secondary N) is 1. The molecule has 3 unspecified atom stereocenters. The Morgan fingerprint density at radius 1 is 1.31 bits per heavy atom. The van der Waals surface area contributed by atoms with Crippen molar-refractivity contribution in [2.24, 2.45) is 5.73 Å². The molecule has 0 bridgehead atoms. The number of nitrogens with two attached hydrogens (primary N) is 1. The Balaban J connectivity index is 1.84. The van der Waals surface area contributed by atoms with Crippen LogP contribution in [0.5, 0.6) is 5.88 Å². The number of halogens is 1. The molecule has 11 heteroatoms. The Hall–Kier alpha value is -2.34. The third kappa shape index (κ3) is 2.96.